The summed E-state index contributed by atoms with van der Waals surface area (Å²) < 4.78 is 27.9. The molecular formula is C14H15NO5S. The van der Waals surface area contributed by atoms with Gasteiger partial charge in [-0.05, 0) is 30.3 Å². The lowest BCUT2D eigenvalue weighted by Crippen LogP contribution is -2.28. The molecule has 1 aromatic heterocycles. The second kappa shape index (κ2) is 6.11. The maximum Gasteiger partial charge on any atom is 0.251 e. The van der Waals surface area contributed by atoms with E-state index >= 15 is 0 Å². The number of furan rings is 1. The Balaban J connectivity index is 2.04. The molecule has 0 spiro atoms. The van der Waals surface area contributed by atoms with E-state index < -0.39 is 21.8 Å². The lowest BCUT2D eigenvalue weighted by molar-refractivity contribution is 0.0901. The Labute approximate surface area is 122 Å². The molecule has 2 N–H and O–H groups in total. The summed E-state index contributed by atoms with van der Waals surface area (Å²) >= 11 is 0. The summed E-state index contributed by atoms with van der Waals surface area (Å²) in [6, 6.07) is 8.95. The number of nitrogens with one attached hydrogen (secondary N) is 1. The number of aliphatic hydroxyl groups is 1. The van der Waals surface area contributed by atoms with Gasteiger partial charge in [-0.15, -0.1) is 0 Å². The van der Waals surface area contributed by atoms with Crippen molar-refractivity contribution in [3.05, 3.63) is 54.0 Å². The molecule has 112 valence electrons. The topological polar surface area (TPSA) is 96.6 Å². The molecule has 0 aliphatic carbocycles. The molecule has 0 aliphatic heterocycles. The van der Waals surface area contributed by atoms with Crippen molar-refractivity contribution in [2.75, 3.05) is 12.8 Å². The predicted molar refractivity (Wildman–Crippen MR) is 75.6 cm³/mol. The summed E-state index contributed by atoms with van der Waals surface area (Å²) in [4.78, 5) is 12.0. The molecule has 0 aliphatic rings. The SMILES string of the molecule is CS(=O)(=O)c1cccc(C(=O)NCC(O)c2ccco2)c1. The molecule has 2 aromatic rings. The zero-order chi connectivity index (χ0) is 15.5. The van der Waals surface area contributed by atoms with Gasteiger partial charge >= 0.3 is 0 Å². The fourth-order valence-electron chi connectivity index (χ4n) is 1.74. The second-order valence-electron chi connectivity index (χ2n) is 4.54. The minimum Gasteiger partial charge on any atom is -0.467 e. The van der Waals surface area contributed by atoms with E-state index in [1.54, 1.807) is 12.1 Å². The van der Waals surface area contributed by atoms with Crippen molar-refractivity contribution in [3.8, 4) is 0 Å². The molecular weight excluding hydrogens is 294 g/mol. The Morgan fingerprint density at radius 1 is 1.33 bits per heavy atom. The molecule has 0 fully saturated rings. The van der Waals surface area contributed by atoms with E-state index in [9.17, 15) is 18.3 Å². The standard InChI is InChI=1S/C14H15NO5S/c1-21(18,19)11-5-2-4-10(8-11)14(17)15-9-12(16)13-6-3-7-20-13/h2-8,12,16H,9H2,1H3,(H,15,17). The van der Waals surface area contributed by atoms with Gasteiger partial charge in [-0.1, -0.05) is 6.07 Å². The van der Waals surface area contributed by atoms with Crippen LogP contribution in [0.4, 0.5) is 0 Å². The van der Waals surface area contributed by atoms with Crippen LogP contribution in [0.15, 0.2) is 52.0 Å². The molecule has 0 saturated carbocycles. The lowest BCUT2D eigenvalue weighted by Gasteiger charge is -2.10. The predicted octanol–water partition coefficient (Wildman–Crippen LogP) is 1.15. The highest BCUT2D eigenvalue weighted by Crippen LogP contribution is 2.13. The minimum atomic E-state index is -3.37. The lowest BCUT2D eigenvalue weighted by atomic mass is 10.2. The molecule has 1 amide bonds. The van der Waals surface area contributed by atoms with E-state index in [1.807, 2.05) is 0 Å². The van der Waals surface area contributed by atoms with Gasteiger partial charge in [0.15, 0.2) is 9.84 Å². The molecule has 1 unspecified atom stereocenters. The number of carbonyl (C=O) groups excluding carboxylic acids is 1. The summed E-state index contributed by atoms with van der Waals surface area (Å²) in [6.45, 7) is -0.0323. The normalized spacial score (nSPS) is 12.9. The van der Waals surface area contributed by atoms with E-state index in [0.29, 0.717) is 5.76 Å². The molecule has 0 bridgehead atoms. The Morgan fingerprint density at radius 3 is 2.71 bits per heavy atom. The first-order valence-electron chi connectivity index (χ1n) is 6.18. The van der Waals surface area contributed by atoms with Gasteiger partial charge in [-0.25, -0.2) is 8.42 Å². The fourth-order valence-corrected chi connectivity index (χ4v) is 2.41. The maximum absolute atomic E-state index is 12.0. The van der Waals surface area contributed by atoms with Crippen LogP contribution >= 0.6 is 0 Å². The summed E-state index contributed by atoms with van der Waals surface area (Å²) in [6.07, 6.45) is 1.54. The Hall–Kier alpha value is -2.12. The molecule has 1 heterocycles. The van der Waals surface area contributed by atoms with E-state index in [1.165, 1.54) is 30.5 Å². The molecule has 1 atom stereocenters. The number of aliphatic hydroxyl groups excluding tert-OH is 1. The van der Waals surface area contributed by atoms with Crippen LogP contribution in [0.5, 0.6) is 0 Å². The number of sulfone groups is 1. The Morgan fingerprint density at radius 2 is 2.10 bits per heavy atom. The smallest absolute Gasteiger partial charge is 0.251 e. The summed E-state index contributed by atoms with van der Waals surface area (Å²) in [5.74, 6) is -0.119. The molecule has 0 radical (unpaired) electrons. The van der Waals surface area contributed by atoms with E-state index in [0.717, 1.165) is 6.26 Å². The van der Waals surface area contributed by atoms with Crippen LogP contribution in [-0.2, 0) is 9.84 Å². The van der Waals surface area contributed by atoms with Crippen LogP contribution in [0.1, 0.15) is 22.2 Å². The summed E-state index contributed by atoms with van der Waals surface area (Å²) in [7, 11) is -3.37. The van der Waals surface area contributed by atoms with Crippen molar-refractivity contribution < 1.29 is 22.7 Å². The van der Waals surface area contributed by atoms with Gasteiger partial charge in [0, 0.05) is 11.8 Å². The van der Waals surface area contributed by atoms with Crippen molar-refractivity contribution in [2.24, 2.45) is 0 Å². The number of amides is 1. The van der Waals surface area contributed by atoms with Crippen molar-refractivity contribution in [3.63, 3.8) is 0 Å². The van der Waals surface area contributed by atoms with Gasteiger partial charge < -0.3 is 14.8 Å². The minimum absolute atomic E-state index is 0.0323. The highest BCUT2D eigenvalue weighted by atomic mass is 32.2. The van der Waals surface area contributed by atoms with Crippen molar-refractivity contribution in [2.45, 2.75) is 11.0 Å². The van der Waals surface area contributed by atoms with Crippen LogP contribution in [0, 0.1) is 0 Å². The van der Waals surface area contributed by atoms with Crippen LogP contribution in [0.3, 0.4) is 0 Å². The quantitative estimate of drug-likeness (QED) is 0.863. The third kappa shape index (κ3) is 3.93. The Bertz CT molecular complexity index is 722. The largest absolute Gasteiger partial charge is 0.467 e. The molecule has 2 rings (SSSR count). The van der Waals surface area contributed by atoms with Crippen LogP contribution < -0.4 is 5.32 Å². The molecule has 0 saturated heterocycles. The fraction of sp³-hybridized carbons (Fsp3) is 0.214. The monoisotopic (exact) mass is 309 g/mol. The summed E-state index contributed by atoms with van der Waals surface area (Å²) in [5, 5.41) is 12.3. The molecule has 1 aromatic carbocycles. The average molecular weight is 309 g/mol. The van der Waals surface area contributed by atoms with Gasteiger partial charge in [-0.3, -0.25) is 4.79 Å². The zero-order valence-corrected chi connectivity index (χ0v) is 12.1. The van der Waals surface area contributed by atoms with Crippen molar-refractivity contribution in [1.29, 1.82) is 0 Å². The Kier molecular flexibility index (Phi) is 4.44. The maximum atomic E-state index is 12.0. The molecule has 7 heteroatoms. The molecule has 6 nitrogen and oxygen atoms in total. The van der Waals surface area contributed by atoms with Gasteiger partial charge in [0.25, 0.3) is 5.91 Å². The van der Waals surface area contributed by atoms with Crippen LogP contribution in [0.2, 0.25) is 0 Å². The molecule has 21 heavy (non-hydrogen) atoms. The zero-order valence-electron chi connectivity index (χ0n) is 11.3. The van der Waals surface area contributed by atoms with Crippen LogP contribution in [0.25, 0.3) is 0 Å². The highest BCUT2D eigenvalue weighted by molar-refractivity contribution is 7.90. The number of carbonyl (C=O) groups is 1. The van der Waals surface area contributed by atoms with Crippen LogP contribution in [-0.4, -0.2) is 32.2 Å². The highest BCUT2D eigenvalue weighted by Gasteiger charge is 2.14. The first kappa shape index (κ1) is 15.3. The van der Waals surface area contributed by atoms with Gasteiger partial charge in [-0.2, -0.15) is 0 Å². The van der Waals surface area contributed by atoms with E-state index in [2.05, 4.69) is 5.32 Å². The number of rotatable bonds is 5. The second-order valence-corrected chi connectivity index (χ2v) is 6.56. The third-order valence-corrected chi connectivity index (χ3v) is 3.96. The van der Waals surface area contributed by atoms with Crippen molar-refractivity contribution in [1.82, 2.24) is 5.32 Å². The van der Waals surface area contributed by atoms with E-state index in [-0.39, 0.29) is 17.0 Å². The third-order valence-electron chi connectivity index (χ3n) is 2.85. The number of hydrogen-bond donors (Lipinski definition) is 2. The first-order valence-corrected chi connectivity index (χ1v) is 8.07. The van der Waals surface area contributed by atoms with Gasteiger partial charge in [0.05, 0.1) is 17.7 Å². The van der Waals surface area contributed by atoms with Gasteiger partial charge in [0.2, 0.25) is 0 Å². The number of hydrogen-bond acceptors (Lipinski definition) is 5. The summed E-state index contributed by atoms with van der Waals surface area (Å²) in [5.41, 5.74) is 0.213. The van der Waals surface area contributed by atoms with Crippen molar-refractivity contribution >= 4 is 15.7 Å². The number of benzene rings is 1. The average Bonchev–Trinajstić information content (AvgIpc) is 2.98. The first-order chi connectivity index (χ1) is 9.88. The van der Waals surface area contributed by atoms with E-state index in [4.69, 9.17) is 4.42 Å². The van der Waals surface area contributed by atoms with Gasteiger partial charge in [0.1, 0.15) is 11.9 Å².